The van der Waals surface area contributed by atoms with Crippen molar-refractivity contribution in [2.45, 2.75) is 18.8 Å². The van der Waals surface area contributed by atoms with E-state index in [-0.39, 0.29) is 11.7 Å². The minimum absolute atomic E-state index is 0.185. The van der Waals surface area contributed by atoms with Gasteiger partial charge in [0, 0.05) is 11.6 Å². The molecule has 0 unspecified atom stereocenters. The first-order chi connectivity index (χ1) is 8.69. The van der Waals surface area contributed by atoms with Crippen LogP contribution in [0.1, 0.15) is 24.3 Å². The Morgan fingerprint density at radius 2 is 1.94 bits per heavy atom. The molecule has 0 bridgehead atoms. The average molecular weight is 272 g/mol. The van der Waals surface area contributed by atoms with Crippen molar-refractivity contribution in [2.75, 3.05) is 27.3 Å². The molecule has 1 saturated heterocycles. The second-order valence-electron chi connectivity index (χ2n) is 4.38. The molecule has 2 N–H and O–H groups in total. The molecule has 4 nitrogen and oxygen atoms in total. The van der Waals surface area contributed by atoms with Gasteiger partial charge in [0.15, 0.2) is 11.5 Å². The van der Waals surface area contributed by atoms with E-state index in [4.69, 9.17) is 21.1 Å². The van der Waals surface area contributed by atoms with Gasteiger partial charge in [0.2, 0.25) is 0 Å². The molecule has 2 rings (SSSR count). The van der Waals surface area contributed by atoms with Crippen molar-refractivity contribution < 1.29 is 14.6 Å². The standard InChI is InChI=1S/C13H18ClNO3/c1-17-10-7-9(16)11(12(14)13(10)18-2)8-3-5-15-6-4-8/h7-8,15-16H,3-6H2,1-2H3. The second-order valence-corrected chi connectivity index (χ2v) is 4.76. The van der Waals surface area contributed by atoms with E-state index < -0.39 is 0 Å². The summed E-state index contributed by atoms with van der Waals surface area (Å²) < 4.78 is 10.4. The lowest BCUT2D eigenvalue weighted by molar-refractivity contribution is 0.348. The van der Waals surface area contributed by atoms with Crippen LogP contribution in [0.3, 0.4) is 0 Å². The highest BCUT2D eigenvalue weighted by atomic mass is 35.5. The number of piperidine rings is 1. The zero-order valence-electron chi connectivity index (χ0n) is 10.6. The summed E-state index contributed by atoms with van der Waals surface area (Å²) in [6.07, 6.45) is 1.92. The van der Waals surface area contributed by atoms with E-state index in [2.05, 4.69) is 5.32 Å². The first kappa shape index (κ1) is 13.3. The van der Waals surface area contributed by atoms with Gasteiger partial charge in [-0.3, -0.25) is 0 Å². The van der Waals surface area contributed by atoms with Crippen LogP contribution in [-0.4, -0.2) is 32.4 Å². The van der Waals surface area contributed by atoms with E-state index in [1.807, 2.05) is 0 Å². The van der Waals surface area contributed by atoms with Crippen LogP contribution < -0.4 is 14.8 Å². The number of phenols is 1. The molecule has 18 heavy (non-hydrogen) atoms. The molecule has 0 saturated carbocycles. The Kier molecular flexibility index (Phi) is 4.19. The fraction of sp³-hybridized carbons (Fsp3) is 0.538. The summed E-state index contributed by atoms with van der Waals surface area (Å²) in [6, 6.07) is 1.57. The number of aromatic hydroxyl groups is 1. The van der Waals surface area contributed by atoms with Gasteiger partial charge in [-0.25, -0.2) is 0 Å². The molecule has 1 aromatic rings. The highest BCUT2D eigenvalue weighted by Crippen LogP contribution is 2.47. The monoisotopic (exact) mass is 271 g/mol. The average Bonchev–Trinajstić information content (AvgIpc) is 2.39. The summed E-state index contributed by atoms with van der Waals surface area (Å²) in [6.45, 7) is 1.88. The third-order valence-electron chi connectivity index (χ3n) is 3.37. The van der Waals surface area contributed by atoms with Gasteiger partial charge in [-0.15, -0.1) is 0 Å². The van der Waals surface area contributed by atoms with Crippen LogP contribution in [0.25, 0.3) is 0 Å². The van der Waals surface area contributed by atoms with Crippen LogP contribution in [0, 0.1) is 0 Å². The van der Waals surface area contributed by atoms with Gasteiger partial charge in [0.25, 0.3) is 0 Å². The van der Waals surface area contributed by atoms with Crippen molar-refractivity contribution >= 4 is 11.6 Å². The number of phenolic OH excluding ortho intramolecular Hbond substituents is 1. The van der Waals surface area contributed by atoms with Crippen molar-refractivity contribution in [3.63, 3.8) is 0 Å². The maximum Gasteiger partial charge on any atom is 0.179 e. The van der Waals surface area contributed by atoms with Crippen LogP contribution in [0.4, 0.5) is 0 Å². The lowest BCUT2D eigenvalue weighted by Crippen LogP contribution is -2.26. The first-order valence-corrected chi connectivity index (χ1v) is 6.40. The van der Waals surface area contributed by atoms with Crippen LogP contribution >= 0.6 is 11.6 Å². The van der Waals surface area contributed by atoms with Gasteiger partial charge in [-0.05, 0) is 31.8 Å². The number of hydrogen-bond acceptors (Lipinski definition) is 4. The molecule has 1 aromatic carbocycles. The Hall–Kier alpha value is -1.13. The smallest absolute Gasteiger partial charge is 0.179 e. The Morgan fingerprint density at radius 1 is 1.28 bits per heavy atom. The van der Waals surface area contributed by atoms with E-state index in [0.29, 0.717) is 16.5 Å². The van der Waals surface area contributed by atoms with E-state index in [0.717, 1.165) is 31.5 Å². The zero-order chi connectivity index (χ0) is 13.1. The van der Waals surface area contributed by atoms with E-state index >= 15 is 0 Å². The largest absolute Gasteiger partial charge is 0.507 e. The molecule has 0 atom stereocenters. The quantitative estimate of drug-likeness (QED) is 0.887. The molecule has 0 aromatic heterocycles. The number of ether oxygens (including phenoxy) is 2. The van der Waals surface area contributed by atoms with Gasteiger partial charge in [0.05, 0.1) is 19.2 Å². The Balaban J connectivity index is 2.46. The van der Waals surface area contributed by atoms with Crippen molar-refractivity contribution in [3.8, 4) is 17.2 Å². The third kappa shape index (κ3) is 2.35. The number of rotatable bonds is 3. The Morgan fingerprint density at radius 3 is 2.50 bits per heavy atom. The molecule has 0 spiro atoms. The lowest BCUT2D eigenvalue weighted by atomic mass is 9.89. The summed E-state index contributed by atoms with van der Waals surface area (Å²) in [7, 11) is 3.07. The zero-order valence-corrected chi connectivity index (χ0v) is 11.4. The topological polar surface area (TPSA) is 50.7 Å². The van der Waals surface area contributed by atoms with Crippen LogP contribution in [-0.2, 0) is 0 Å². The molecule has 0 amide bonds. The number of methoxy groups -OCH3 is 2. The van der Waals surface area contributed by atoms with Gasteiger partial charge >= 0.3 is 0 Å². The van der Waals surface area contributed by atoms with Gasteiger partial charge in [-0.1, -0.05) is 11.6 Å². The summed E-state index contributed by atoms with van der Waals surface area (Å²) in [4.78, 5) is 0. The predicted molar refractivity (Wildman–Crippen MR) is 71.1 cm³/mol. The molecule has 0 radical (unpaired) electrons. The van der Waals surface area contributed by atoms with Crippen molar-refractivity contribution in [3.05, 3.63) is 16.7 Å². The SMILES string of the molecule is COc1cc(O)c(C2CCNCC2)c(Cl)c1OC. The summed E-state index contributed by atoms with van der Waals surface area (Å²) in [5.41, 5.74) is 0.774. The molecule has 5 heteroatoms. The van der Waals surface area contributed by atoms with Gasteiger partial charge < -0.3 is 19.9 Å². The highest BCUT2D eigenvalue weighted by molar-refractivity contribution is 6.33. The number of nitrogens with one attached hydrogen (secondary N) is 1. The number of hydrogen-bond donors (Lipinski definition) is 2. The second kappa shape index (κ2) is 5.67. The number of halogens is 1. The first-order valence-electron chi connectivity index (χ1n) is 6.03. The highest BCUT2D eigenvalue weighted by Gasteiger charge is 2.25. The van der Waals surface area contributed by atoms with Crippen molar-refractivity contribution in [2.24, 2.45) is 0 Å². The molecule has 0 aliphatic carbocycles. The minimum atomic E-state index is 0.185. The summed E-state index contributed by atoms with van der Waals surface area (Å²) in [5, 5.41) is 13.9. The molecule has 1 fully saturated rings. The van der Waals surface area contributed by atoms with Crippen LogP contribution in [0.5, 0.6) is 17.2 Å². The third-order valence-corrected chi connectivity index (χ3v) is 3.75. The lowest BCUT2D eigenvalue weighted by Gasteiger charge is -2.25. The molecular formula is C13H18ClNO3. The maximum atomic E-state index is 10.1. The Bertz CT molecular complexity index is 431. The summed E-state index contributed by atoms with van der Waals surface area (Å²) in [5.74, 6) is 1.39. The number of benzene rings is 1. The fourth-order valence-corrected chi connectivity index (χ4v) is 2.87. The summed E-state index contributed by atoms with van der Waals surface area (Å²) >= 11 is 6.35. The predicted octanol–water partition coefficient (Wildman–Crippen LogP) is 2.53. The normalized spacial score (nSPS) is 16.6. The Labute approximate surface area is 112 Å². The van der Waals surface area contributed by atoms with E-state index in [1.54, 1.807) is 13.2 Å². The van der Waals surface area contributed by atoms with Gasteiger partial charge in [-0.2, -0.15) is 0 Å². The van der Waals surface area contributed by atoms with Gasteiger partial charge in [0.1, 0.15) is 5.75 Å². The van der Waals surface area contributed by atoms with Crippen molar-refractivity contribution in [1.82, 2.24) is 5.32 Å². The maximum absolute atomic E-state index is 10.1. The van der Waals surface area contributed by atoms with E-state index in [1.165, 1.54) is 7.11 Å². The minimum Gasteiger partial charge on any atom is -0.507 e. The molecule has 1 aliphatic heterocycles. The van der Waals surface area contributed by atoms with Crippen LogP contribution in [0.2, 0.25) is 5.02 Å². The molecule has 1 heterocycles. The molecule has 100 valence electrons. The fourth-order valence-electron chi connectivity index (χ4n) is 2.45. The molecule has 1 aliphatic rings. The molecular weight excluding hydrogens is 254 g/mol. The van der Waals surface area contributed by atoms with Crippen molar-refractivity contribution in [1.29, 1.82) is 0 Å². The van der Waals surface area contributed by atoms with E-state index in [9.17, 15) is 5.11 Å². The van der Waals surface area contributed by atoms with Crippen LogP contribution in [0.15, 0.2) is 6.07 Å².